The van der Waals surface area contributed by atoms with Crippen LogP contribution < -0.4 is 11.1 Å². The van der Waals surface area contributed by atoms with E-state index < -0.39 is 5.54 Å². The number of rotatable bonds is 3. The smallest absolute Gasteiger partial charge is 0.270 e. The number of nitrogens with one attached hydrogen (secondary N) is 1. The number of carbonyl (C=O) groups excluding carboxylic acids is 1. The summed E-state index contributed by atoms with van der Waals surface area (Å²) in [6.45, 7) is 0. The Kier molecular flexibility index (Phi) is 5.70. The van der Waals surface area contributed by atoms with Crippen LogP contribution in [0.3, 0.4) is 0 Å². The minimum atomic E-state index is -0.568. The molecule has 0 aromatic carbocycles. The summed E-state index contributed by atoms with van der Waals surface area (Å²) >= 11 is 8.57. The Morgan fingerprint density at radius 1 is 1.24 bits per heavy atom. The SMILES string of the molecule is NC(=S)C1(NC(=O)c2ccc(Br)cn2)CCCCCCC1. The van der Waals surface area contributed by atoms with Crippen molar-refractivity contribution >= 4 is 39.0 Å². The highest BCUT2D eigenvalue weighted by Crippen LogP contribution is 2.27. The number of nitrogens with two attached hydrogens (primary N) is 1. The van der Waals surface area contributed by atoms with E-state index in [0.29, 0.717) is 10.7 Å². The van der Waals surface area contributed by atoms with Gasteiger partial charge in [-0.1, -0.05) is 44.3 Å². The van der Waals surface area contributed by atoms with Crippen LogP contribution in [0.2, 0.25) is 0 Å². The maximum Gasteiger partial charge on any atom is 0.270 e. The summed E-state index contributed by atoms with van der Waals surface area (Å²) < 4.78 is 0.842. The first kappa shape index (κ1) is 16.4. The monoisotopic (exact) mass is 369 g/mol. The van der Waals surface area contributed by atoms with Gasteiger partial charge in [-0.2, -0.15) is 0 Å². The van der Waals surface area contributed by atoms with Gasteiger partial charge in [-0.3, -0.25) is 4.79 Å². The molecule has 1 heterocycles. The first-order valence-electron chi connectivity index (χ1n) is 7.27. The molecule has 1 aromatic rings. The molecule has 1 saturated carbocycles. The molecule has 1 aliphatic carbocycles. The molecule has 0 aliphatic heterocycles. The van der Waals surface area contributed by atoms with Crippen LogP contribution in [0.5, 0.6) is 0 Å². The lowest BCUT2D eigenvalue weighted by atomic mass is 9.83. The van der Waals surface area contributed by atoms with Crippen molar-refractivity contribution in [3.8, 4) is 0 Å². The summed E-state index contributed by atoms with van der Waals surface area (Å²) in [6, 6.07) is 3.49. The summed E-state index contributed by atoms with van der Waals surface area (Å²) in [5.41, 5.74) is 5.78. The highest BCUT2D eigenvalue weighted by molar-refractivity contribution is 9.10. The Labute approximate surface area is 139 Å². The number of pyridine rings is 1. The zero-order valence-corrected chi connectivity index (χ0v) is 14.3. The number of halogens is 1. The minimum absolute atomic E-state index is 0.212. The van der Waals surface area contributed by atoms with Crippen LogP contribution in [0.4, 0.5) is 0 Å². The molecule has 1 aliphatic rings. The fraction of sp³-hybridized carbons (Fsp3) is 0.533. The number of thiocarbonyl (C=S) groups is 1. The van der Waals surface area contributed by atoms with Gasteiger partial charge in [0, 0.05) is 10.7 Å². The van der Waals surface area contributed by atoms with Gasteiger partial charge in [0.05, 0.1) is 10.5 Å². The van der Waals surface area contributed by atoms with Crippen molar-refractivity contribution in [3.05, 3.63) is 28.5 Å². The molecule has 3 N–H and O–H groups in total. The number of amides is 1. The lowest BCUT2D eigenvalue weighted by Gasteiger charge is -2.35. The lowest BCUT2D eigenvalue weighted by molar-refractivity contribution is 0.0907. The van der Waals surface area contributed by atoms with Crippen molar-refractivity contribution < 1.29 is 4.79 Å². The van der Waals surface area contributed by atoms with Crippen molar-refractivity contribution in [1.29, 1.82) is 0 Å². The van der Waals surface area contributed by atoms with E-state index in [1.807, 2.05) is 0 Å². The third-order valence-corrected chi connectivity index (χ3v) is 4.85. The average Bonchev–Trinajstić information content (AvgIpc) is 2.42. The quantitative estimate of drug-likeness (QED) is 0.801. The van der Waals surface area contributed by atoms with E-state index in [2.05, 4.69) is 26.2 Å². The molecular formula is C15H20BrN3OS. The highest BCUT2D eigenvalue weighted by Gasteiger charge is 2.35. The van der Waals surface area contributed by atoms with E-state index in [1.165, 1.54) is 6.42 Å². The molecule has 1 aromatic heterocycles. The van der Waals surface area contributed by atoms with Gasteiger partial charge in [0.1, 0.15) is 5.69 Å². The maximum atomic E-state index is 12.4. The van der Waals surface area contributed by atoms with Gasteiger partial charge in [0.25, 0.3) is 5.91 Å². The fourth-order valence-corrected chi connectivity index (χ4v) is 3.22. The van der Waals surface area contributed by atoms with Gasteiger partial charge < -0.3 is 11.1 Å². The summed E-state index contributed by atoms with van der Waals surface area (Å²) in [7, 11) is 0. The summed E-state index contributed by atoms with van der Waals surface area (Å²) in [4.78, 5) is 16.9. The van der Waals surface area contributed by atoms with E-state index in [-0.39, 0.29) is 5.91 Å². The van der Waals surface area contributed by atoms with Crippen LogP contribution in [0.1, 0.15) is 55.4 Å². The van der Waals surface area contributed by atoms with Gasteiger partial charge in [-0.15, -0.1) is 0 Å². The largest absolute Gasteiger partial charge is 0.391 e. The van der Waals surface area contributed by atoms with Crippen LogP contribution in [-0.4, -0.2) is 21.4 Å². The van der Waals surface area contributed by atoms with Crippen molar-refractivity contribution in [2.75, 3.05) is 0 Å². The molecule has 0 unspecified atom stereocenters. The van der Waals surface area contributed by atoms with E-state index in [4.69, 9.17) is 18.0 Å². The minimum Gasteiger partial charge on any atom is -0.391 e. The van der Waals surface area contributed by atoms with Crippen LogP contribution in [0, 0.1) is 0 Å². The standard InChI is InChI=1S/C15H20BrN3OS/c16-11-6-7-12(18-10-11)13(20)19-15(14(17)21)8-4-2-1-3-5-9-15/h6-7,10H,1-5,8-9H2,(H2,17,21)(H,19,20). The number of hydrogen-bond acceptors (Lipinski definition) is 3. The molecule has 1 fully saturated rings. The van der Waals surface area contributed by atoms with Crippen molar-refractivity contribution in [2.24, 2.45) is 5.73 Å². The predicted octanol–water partition coefficient (Wildman–Crippen LogP) is 3.34. The summed E-state index contributed by atoms with van der Waals surface area (Å²) in [5.74, 6) is -0.212. The Balaban J connectivity index is 2.16. The summed E-state index contributed by atoms with van der Waals surface area (Å²) in [5, 5.41) is 3.05. The number of nitrogens with zero attached hydrogens (tertiary/aromatic N) is 1. The Morgan fingerprint density at radius 2 is 1.86 bits per heavy atom. The molecule has 0 saturated heterocycles. The first-order chi connectivity index (χ1) is 10.0. The van der Waals surface area contributed by atoms with Crippen LogP contribution in [0.15, 0.2) is 22.8 Å². The molecule has 0 radical (unpaired) electrons. The normalized spacial score (nSPS) is 18.3. The third-order valence-electron chi connectivity index (χ3n) is 3.99. The van der Waals surface area contributed by atoms with E-state index in [9.17, 15) is 4.79 Å². The number of carbonyl (C=O) groups is 1. The maximum absolute atomic E-state index is 12.4. The number of aromatic nitrogens is 1. The van der Waals surface area contributed by atoms with Gasteiger partial charge in [0.15, 0.2) is 0 Å². The Hall–Kier alpha value is -1.01. The molecule has 2 rings (SSSR count). The van der Waals surface area contributed by atoms with Crippen LogP contribution in [0.25, 0.3) is 0 Å². The molecule has 0 atom stereocenters. The van der Waals surface area contributed by atoms with Gasteiger partial charge >= 0.3 is 0 Å². The first-order valence-corrected chi connectivity index (χ1v) is 8.48. The molecule has 6 heteroatoms. The van der Waals surface area contributed by atoms with Crippen LogP contribution in [-0.2, 0) is 0 Å². The van der Waals surface area contributed by atoms with Gasteiger partial charge in [-0.05, 0) is 40.9 Å². The molecule has 0 spiro atoms. The molecule has 1 amide bonds. The van der Waals surface area contributed by atoms with Gasteiger partial charge in [-0.25, -0.2) is 4.98 Å². The van der Waals surface area contributed by atoms with Gasteiger partial charge in [0.2, 0.25) is 0 Å². The van der Waals surface area contributed by atoms with Crippen molar-refractivity contribution in [2.45, 2.75) is 50.5 Å². The third kappa shape index (κ3) is 4.23. The van der Waals surface area contributed by atoms with E-state index in [1.54, 1.807) is 18.3 Å². The van der Waals surface area contributed by atoms with Crippen molar-refractivity contribution in [1.82, 2.24) is 10.3 Å². The summed E-state index contributed by atoms with van der Waals surface area (Å²) in [6.07, 6.45) is 8.87. The molecule has 21 heavy (non-hydrogen) atoms. The Bertz CT molecular complexity index is 510. The van der Waals surface area contributed by atoms with Crippen LogP contribution >= 0.6 is 28.1 Å². The average molecular weight is 370 g/mol. The number of hydrogen-bond donors (Lipinski definition) is 2. The Morgan fingerprint density at radius 3 is 2.38 bits per heavy atom. The fourth-order valence-electron chi connectivity index (χ4n) is 2.73. The van der Waals surface area contributed by atoms with Crippen molar-refractivity contribution in [3.63, 3.8) is 0 Å². The van der Waals surface area contributed by atoms with E-state index in [0.717, 1.165) is 43.0 Å². The lowest BCUT2D eigenvalue weighted by Crippen LogP contribution is -2.57. The predicted molar refractivity (Wildman–Crippen MR) is 91.2 cm³/mol. The second kappa shape index (κ2) is 7.31. The zero-order chi connectivity index (χ0) is 15.3. The molecule has 0 bridgehead atoms. The molecule has 114 valence electrons. The topological polar surface area (TPSA) is 68.0 Å². The van der Waals surface area contributed by atoms with E-state index >= 15 is 0 Å². The highest BCUT2D eigenvalue weighted by atomic mass is 79.9. The molecular weight excluding hydrogens is 350 g/mol. The second-order valence-electron chi connectivity index (χ2n) is 5.53. The second-order valence-corrected chi connectivity index (χ2v) is 6.89. The zero-order valence-electron chi connectivity index (χ0n) is 11.9. The molecule has 4 nitrogen and oxygen atoms in total.